The molecule has 7 nitrogen and oxygen atoms in total. The molecule has 0 spiro atoms. The second kappa shape index (κ2) is 7.46. The molecule has 0 aliphatic carbocycles. The second-order valence-corrected chi connectivity index (χ2v) is 6.85. The van der Waals surface area contributed by atoms with Crippen molar-refractivity contribution in [2.24, 2.45) is 0 Å². The van der Waals surface area contributed by atoms with Gasteiger partial charge >= 0.3 is 5.97 Å². The van der Waals surface area contributed by atoms with Gasteiger partial charge in [0.05, 0.1) is 0 Å². The zero-order chi connectivity index (χ0) is 18.6. The van der Waals surface area contributed by atoms with E-state index in [1.807, 2.05) is 12.1 Å². The summed E-state index contributed by atoms with van der Waals surface area (Å²) < 4.78 is 10.2. The second-order valence-electron chi connectivity index (χ2n) is 6.85. The lowest BCUT2D eigenvalue weighted by Gasteiger charge is -2.19. The lowest BCUT2D eigenvalue weighted by atomic mass is 9.86. The Morgan fingerprint density at radius 3 is 2.36 bits per heavy atom. The maximum absolute atomic E-state index is 12.2. The van der Waals surface area contributed by atoms with Crippen LogP contribution in [-0.4, -0.2) is 28.1 Å². The van der Waals surface area contributed by atoms with Crippen LogP contribution < -0.4 is 5.32 Å². The molecule has 0 aliphatic rings. The Hall–Kier alpha value is -2.70. The molecule has 134 valence electrons. The molecule has 1 amide bonds. The topological polar surface area (TPSA) is 94.3 Å². The highest BCUT2D eigenvalue weighted by molar-refractivity contribution is 5.96. The molecule has 1 aromatic heterocycles. The summed E-state index contributed by atoms with van der Waals surface area (Å²) in [6, 6.07) is 6.52. The third kappa shape index (κ3) is 5.14. The van der Waals surface area contributed by atoms with Crippen molar-refractivity contribution in [3.8, 4) is 0 Å². The molecule has 0 fully saturated rings. The van der Waals surface area contributed by atoms with Gasteiger partial charge in [0.1, 0.15) is 6.04 Å². The summed E-state index contributed by atoms with van der Waals surface area (Å²) in [6.45, 7) is 9.39. The van der Waals surface area contributed by atoms with E-state index in [-0.39, 0.29) is 23.8 Å². The monoisotopic (exact) mass is 345 g/mol. The van der Waals surface area contributed by atoms with Crippen molar-refractivity contribution in [2.45, 2.75) is 52.7 Å². The van der Waals surface area contributed by atoms with Crippen molar-refractivity contribution in [2.75, 3.05) is 0 Å². The first-order chi connectivity index (χ1) is 11.7. The van der Waals surface area contributed by atoms with E-state index in [2.05, 4.69) is 36.3 Å². The molecule has 0 saturated heterocycles. The minimum atomic E-state index is -0.793. The van der Waals surface area contributed by atoms with Gasteiger partial charge in [-0.3, -0.25) is 4.79 Å². The molecule has 1 atom stereocenters. The number of ether oxygens (including phenoxy) is 1. The minimum Gasteiger partial charge on any atom is -0.454 e. The van der Waals surface area contributed by atoms with Crippen LogP contribution in [0.3, 0.4) is 0 Å². The third-order valence-electron chi connectivity index (χ3n) is 3.62. The normalized spacial score (nSPS) is 12.5. The summed E-state index contributed by atoms with van der Waals surface area (Å²) in [7, 11) is 0. The number of hydrogen-bond acceptors (Lipinski definition) is 6. The molecule has 1 aromatic carbocycles. The molecule has 1 N–H and O–H groups in total. The zero-order valence-corrected chi connectivity index (χ0v) is 15.1. The van der Waals surface area contributed by atoms with Crippen LogP contribution in [0.25, 0.3) is 0 Å². The average molecular weight is 345 g/mol. The number of carbonyl (C=O) groups excluding carboxylic acids is 2. The molecule has 0 radical (unpaired) electrons. The molecule has 2 aromatic rings. The Morgan fingerprint density at radius 2 is 1.84 bits per heavy atom. The Morgan fingerprint density at radius 1 is 1.20 bits per heavy atom. The van der Waals surface area contributed by atoms with E-state index in [9.17, 15) is 9.59 Å². The first kappa shape index (κ1) is 18.6. The molecule has 25 heavy (non-hydrogen) atoms. The predicted octanol–water partition coefficient (Wildman–Crippen LogP) is 2.54. The quantitative estimate of drug-likeness (QED) is 0.837. The van der Waals surface area contributed by atoms with Gasteiger partial charge in [-0.2, -0.15) is 0 Å². The number of amides is 1. The molecule has 0 bridgehead atoms. The summed E-state index contributed by atoms with van der Waals surface area (Å²) in [5.41, 5.74) is 1.63. The molecule has 7 heteroatoms. The molecular formula is C18H23N3O4. The third-order valence-corrected chi connectivity index (χ3v) is 3.62. The fourth-order valence-corrected chi connectivity index (χ4v) is 2.11. The van der Waals surface area contributed by atoms with E-state index in [4.69, 9.17) is 9.15 Å². The smallest absolute Gasteiger partial charge is 0.328 e. The lowest BCUT2D eigenvalue weighted by Crippen LogP contribution is -2.39. The highest BCUT2D eigenvalue weighted by Gasteiger charge is 2.20. The Labute approximate surface area is 146 Å². The number of nitrogens with one attached hydrogen (secondary N) is 1. The van der Waals surface area contributed by atoms with Gasteiger partial charge in [-0.15, -0.1) is 10.2 Å². The van der Waals surface area contributed by atoms with E-state index in [1.165, 1.54) is 0 Å². The van der Waals surface area contributed by atoms with E-state index < -0.39 is 12.0 Å². The molecule has 1 unspecified atom stereocenters. The SMILES string of the molecule is Cc1nnc(COC(=O)C(C)NC(=O)c2ccc(C(C)(C)C)cc2)o1. The standard InChI is InChI=1S/C18H23N3O4/c1-11(17(23)24-10-15-21-20-12(2)25-15)19-16(22)13-6-8-14(9-7-13)18(3,4)5/h6-9,11H,10H2,1-5H3,(H,19,22). The maximum Gasteiger partial charge on any atom is 0.328 e. The van der Waals surface area contributed by atoms with Crippen molar-refractivity contribution in [3.63, 3.8) is 0 Å². The van der Waals surface area contributed by atoms with Gasteiger partial charge < -0.3 is 14.5 Å². The van der Waals surface area contributed by atoms with Gasteiger partial charge in [-0.25, -0.2) is 4.79 Å². The zero-order valence-electron chi connectivity index (χ0n) is 15.1. The molecule has 0 saturated carbocycles. The summed E-state index contributed by atoms with van der Waals surface area (Å²) in [5.74, 6) is -0.303. The highest BCUT2D eigenvalue weighted by Crippen LogP contribution is 2.22. The van der Waals surface area contributed by atoms with Gasteiger partial charge in [0.2, 0.25) is 5.89 Å². The van der Waals surface area contributed by atoms with Crippen molar-refractivity contribution in [1.82, 2.24) is 15.5 Å². The fourth-order valence-electron chi connectivity index (χ4n) is 2.11. The van der Waals surface area contributed by atoms with Crippen molar-refractivity contribution in [1.29, 1.82) is 0 Å². The first-order valence-corrected chi connectivity index (χ1v) is 8.04. The largest absolute Gasteiger partial charge is 0.454 e. The van der Waals surface area contributed by atoms with Crippen LogP contribution in [-0.2, 0) is 21.6 Å². The van der Waals surface area contributed by atoms with Crippen LogP contribution in [0.5, 0.6) is 0 Å². The number of nitrogens with zero attached hydrogens (tertiary/aromatic N) is 2. The number of benzene rings is 1. The molecule has 2 rings (SSSR count). The van der Waals surface area contributed by atoms with Crippen LogP contribution in [0.4, 0.5) is 0 Å². The maximum atomic E-state index is 12.2. The Balaban J connectivity index is 1.89. The van der Waals surface area contributed by atoms with E-state index >= 15 is 0 Å². The lowest BCUT2D eigenvalue weighted by molar-refractivity contribution is -0.147. The van der Waals surface area contributed by atoms with Crippen LogP contribution in [0.15, 0.2) is 28.7 Å². The van der Waals surface area contributed by atoms with Gasteiger partial charge in [0, 0.05) is 12.5 Å². The van der Waals surface area contributed by atoms with Crippen molar-refractivity contribution in [3.05, 3.63) is 47.2 Å². The van der Waals surface area contributed by atoms with E-state index in [1.54, 1.807) is 26.0 Å². The van der Waals surface area contributed by atoms with Crippen LogP contribution in [0.2, 0.25) is 0 Å². The van der Waals surface area contributed by atoms with Gasteiger partial charge in [-0.1, -0.05) is 32.9 Å². The van der Waals surface area contributed by atoms with Crippen molar-refractivity contribution >= 4 is 11.9 Å². The Bertz CT molecular complexity index is 744. The number of aromatic nitrogens is 2. The Kier molecular flexibility index (Phi) is 5.56. The number of carbonyl (C=O) groups is 2. The summed E-state index contributed by atoms with van der Waals surface area (Å²) in [6.07, 6.45) is 0. The van der Waals surface area contributed by atoms with Gasteiger partial charge in [0.15, 0.2) is 6.61 Å². The number of hydrogen-bond donors (Lipinski definition) is 1. The predicted molar refractivity (Wildman–Crippen MR) is 90.9 cm³/mol. The average Bonchev–Trinajstić information content (AvgIpc) is 2.97. The molecular weight excluding hydrogens is 322 g/mol. The molecule has 0 aliphatic heterocycles. The number of rotatable bonds is 5. The van der Waals surface area contributed by atoms with Crippen LogP contribution in [0, 0.1) is 6.92 Å². The summed E-state index contributed by atoms with van der Waals surface area (Å²) in [4.78, 5) is 24.2. The molecule has 1 heterocycles. The van der Waals surface area contributed by atoms with E-state index in [0.29, 0.717) is 11.5 Å². The van der Waals surface area contributed by atoms with E-state index in [0.717, 1.165) is 5.56 Å². The first-order valence-electron chi connectivity index (χ1n) is 8.04. The van der Waals surface area contributed by atoms with Crippen LogP contribution >= 0.6 is 0 Å². The van der Waals surface area contributed by atoms with Crippen LogP contribution in [0.1, 0.15) is 55.4 Å². The highest BCUT2D eigenvalue weighted by atomic mass is 16.5. The van der Waals surface area contributed by atoms with Gasteiger partial charge in [-0.05, 0) is 30.0 Å². The summed E-state index contributed by atoms with van der Waals surface area (Å²) >= 11 is 0. The summed E-state index contributed by atoms with van der Waals surface area (Å²) in [5, 5.41) is 9.99. The fraction of sp³-hybridized carbons (Fsp3) is 0.444. The minimum absolute atomic E-state index is 0.0131. The van der Waals surface area contributed by atoms with Crippen molar-refractivity contribution < 1.29 is 18.7 Å². The number of aryl methyl sites for hydroxylation is 1. The number of esters is 1. The van der Waals surface area contributed by atoms with Gasteiger partial charge in [0.25, 0.3) is 11.8 Å².